The maximum Gasteiger partial charge on any atom is 0.0695 e. The molecule has 0 bridgehead atoms. The summed E-state index contributed by atoms with van der Waals surface area (Å²) in [6, 6.07) is 8.39. The van der Waals surface area contributed by atoms with Crippen molar-refractivity contribution in [1.82, 2.24) is 15.5 Å². The molecule has 0 saturated carbocycles. The highest BCUT2D eigenvalue weighted by Crippen LogP contribution is 2.21. The molecular weight excluding hydrogens is 226 g/mol. The van der Waals surface area contributed by atoms with E-state index in [4.69, 9.17) is 5.11 Å². The van der Waals surface area contributed by atoms with E-state index in [-0.39, 0.29) is 6.61 Å². The van der Waals surface area contributed by atoms with Crippen LogP contribution in [0.5, 0.6) is 0 Å². The van der Waals surface area contributed by atoms with Crippen LogP contribution < -0.4 is 5.32 Å². The Labute approximate surface area is 107 Å². The lowest BCUT2D eigenvalue weighted by molar-refractivity contribution is 0.286. The molecule has 0 fully saturated rings. The van der Waals surface area contributed by atoms with Gasteiger partial charge in [-0.15, -0.1) is 0 Å². The third-order valence-corrected chi connectivity index (χ3v) is 2.89. The van der Waals surface area contributed by atoms with Crippen molar-refractivity contribution in [3.05, 3.63) is 41.6 Å². The second-order valence-electron chi connectivity index (χ2n) is 4.39. The van der Waals surface area contributed by atoms with Gasteiger partial charge in [0.25, 0.3) is 0 Å². The topological polar surface area (TPSA) is 60.9 Å². The number of rotatable bonds is 6. The molecule has 0 radical (unpaired) electrons. The highest BCUT2D eigenvalue weighted by molar-refractivity contribution is 5.62. The molecule has 3 N–H and O–H groups in total. The van der Waals surface area contributed by atoms with Crippen LogP contribution in [0.25, 0.3) is 11.3 Å². The Morgan fingerprint density at radius 3 is 2.78 bits per heavy atom. The summed E-state index contributed by atoms with van der Waals surface area (Å²) in [7, 11) is 0. The van der Waals surface area contributed by atoms with Crippen molar-refractivity contribution in [3.63, 3.8) is 0 Å². The lowest BCUT2D eigenvalue weighted by atomic mass is 10.1. The first-order valence-corrected chi connectivity index (χ1v) is 6.22. The number of aliphatic hydroxyl groups excluding tert-OH is 1. The van der Waals surface area contributed by atoms with Gasteiger partial charge in [-0.25, -0.2) is 0 Å². The van der Waals surface area contributed by atoms with Crippen LogP contribution in [0.15, 0.2) is 30.5 Å². The average molecular weight is 245 g/mol. The lowest BCUT2D eigenvalue weighted by Gasteiger charge is -2.05. The molecule has 18 heavy (non-hydrogen) atoms. The summed E-state index contributed by atoms with van der Waals surface area (Å²) in [5.41, 5.74) is 4.61. The lowest BCUT2D eigenvalue weighted by Crippen LogP contribution is -2.15. The molecule has 0 unspecified atom stereocenters. The second kappa shape index (κ2) is 6.33. The molecule has 0 atom stereocenters. The number of nitrogens with zero attached hydrogens (tertiary/aromatic N) is 1. The molecule has 4 nitrogen and oxygen atoms in total. The van der Waals surface area contributed by atoms with Crippen molar-refractivity contribution >= 4 is 0 Å². The monoisotopic (exact) mass is 245 g/mol. The number of aromatic nitrogens is 2. The highest BCUT2D eigenvalue weighted by Gasteiger charge is 2.06. The SMILES string of the molecule is Cc1ccc(-c2[nH]ncc2CNCCCO)cc1. The quantitative estimate of drug-likeness (QED) is 0.681. The number of aryl methyl sites for hydroxylation is 1. The van der Waals surface area contributed by atoms with Crippen molar-refractivity contribution in [2.45, 2.75) is 19.9 Å². The molecular formula is C14H19N3O. The molecule has 0 aliphatic carbocycles. The van der Waals surface area contributed by atoms with Gasteiger partial charge in [-0.3, -0.25) is 5.10 Å². The highest BCUT2D eigenvalue weighted by atomic mass is 16.3. The molecule has 0 amide bonds. The minimum Gasteiger partial charge on any atom is -0.396 e. The van der Waals surface area contributed by atoms with E-state index in [1.54, 1.807) is 0 Å². The minimum absolute atomic E-state index is 0.225. The van der Waals surface area contributed by atoms with Gasteiger partial charge in [-0.2, -0.15) is 5.10 Å². The molecule has 0 saturated heterocycles. The van der Waals surface area contributed by atoms with Gasteiger partial charge in [0.2, 0.25) is 0 Å². The van der Waals surface area contributed by atoms with Crippen LogP contribution in [0.3, 0.4) is 0 Å². The summed E-state index contributed by atoms with van der Waals surface area (Å²) in [5.74, 6) is 0. The first kappa shape index (κ1) is 12.8. The molecule has 0 aliphatic rings. The Kier molecular flexibility index (Phi) is 4.50. The van der Waals surface area contributed by atoms with Crippen LogP contribution in [0, 0.1) is 6.92 Å². The van der Waals surface area contributed by atoms with E-state index in [9.17, 15) is 0 Å². The normalized spacial score (nSPS) is 10.8. The largest absolute Gasteiger partial charge is 0.396 e. The van der Waals surface area contributed by atoms with Gasteiger partial charge in [0.05, 0.1) is 11.9 Å². The van der Waals surface area contributed by atoms with E-state index in [0.29, 0.717) is 0 Å². The Morgan fingerprint density at radius 2 is 2.06 bits per heavy atom. The van der Waals surface area contributed by atoms with Crippen molar-refractivity contribution in [1.29, 1.82) is 0 Å². The standard InChI is InChI=1S/C14H19N3O/c1-11-3-5-12(6-4-11)14-13(10-16-17-14)9-15-7-2-8-18/h3-6,10,15,18H,2,7-9H2,1H3,(H,16,17). The third kappa shape index (κ3) is 3.18. The van der Waals surface area contributed by atoms with Gasteiger partial charge in [0.15, 0.2) is 0 Å². The van der Waals surface area contributed by atoms with Crippen molar-refractivity contribution < 1.29 is 5.11 Å². The predicted octanol–water partition coefficient (Wildman–Crippen LogP) is 1.86. The molecule has 4 heteroatoms. The zero-order valence-corrected chi connectivity index (χ0v) is 10.6. The number of benzene rings is 1. The number of nitrogens with one attached hydrogen (secondary N) is 2. The predicted molar refractivity (Wildman–Crippen MR) is 72.2 cm³/mol. The molecule has 2 aromatic rings. The van der Waals surface area contributed by atoms with E-state index in [0.717, 1.165) is 36.3 Å². The number of H-pyrrole nitrogens is 1. The fourth-order valence-electron chi connectivity index (χ4n) is 1.84. The van der Waals surface area contributed by atoms with Crippen LogP contribution in [0.2, 0.25) is 0 Å². The molecule has 1 aromatic heterocycles. The maximum atomic E-state index is 8.72. The van der Waals surface area contributed by atoms with Gasteiger partial charge in [-0.1, -0.05) is 29.8 Å². The fourth-order valence-corrected chi connectivity index (χ4v) is 1.84. The van der Waals surface area contributed by atoms with Crippen LogP contribution in [0.4, 0.5) is 0 Å². The van der Waals surface area contributed by atoms with E-state index in [1.807, 2.05) is 6.20 Å². The summed E-state index contributed by atoms with van der Waals surface area (Å²) in [6.07, 6.45) is 2.62. The maximum absolute atomic E-state index is 8.72. The van der Waals surface area contributed by atoms with Crippen molar-refractivity contribution in [3.8, 4) is 11.3 Å². The summed E-state index contributed by atoms with van der Waals surface area (Å²) in [6.45, 7) is 3.88. The molecule has 96 valence electrons. The summed E-state index contributed by atoms with van der Waals surface area (Å²) >= 11 is 0. The van der Waals surface area contributed by atoms with Gasteiger partial charge in [0.1, 0.15) is 0 Å². The Balaban J connectivity index is 2.05. The van der Waals surface area contributed by atoms with Gasteiger partial charge >= 0.3 is 0 Å². The Morgan fingerprint density at radius 1 is 1.28 bits per heavy atom. The second-order valence-corrected chi connectivity index (χ2v) is 4.39. The number of aliphatic hydroxyl groups is 1. The number of hydrogen-bond acceptors (Lipinski definition) is 3. The van der Waals surface area contributed by atoms with E-state index >= 15 is 0 Å². The molecule has 1 heterocycles. The zero-order chi connectivity index (χ0) is 12.8. The van der Waals surface area contributed by atoms with Crippen LogP contribution in [-0.2, 0) is 6.54 Å². The first-order chi connectivity index (χ1) is 8.81. The van der Waals surface area contributed by atoms with Gasteiger partial charge in [-0.05, 0) is 25.5 Å². The zero-order valence-electron chi connectivity index (χ0n) is 10.6. The van der Waals surface area contributed by atoms with E-state index in [1.165, 1.54) is 5.56 Å². The van der Waals surface area contributed by atoms with Crippen LogP contribution in [0.1, 0.15) is 17.5 Å². The molecule has 1 aromatic carbocycles. The summed E-state index contributed by atoms with van der Waals surface area (Å²) in [5, 5.41) is 19.2. The number of aromatic amines is 1. The third-order valence-electron chi connectivity index (χ3n) is 2.89. The van der Waals surface area contributed by atoms with E-state index < -0.39 is 0 Å². The van der Waals surface area contributed by atoms with Gasteiger partial charge in [0, 0.05) is 18.7 Å². The average Bonchev–Trinajstić information content (AvgIpc) is 2.84. The number of hydrogen-bond donors (Lipinski definition) is 3. The van der Waals surface area contributed by atoms with Crippen LogP contribution in [-0.4, -0.2) is 28.5 Å². The fraction of sp³-hybridized carbons (Fsp3) is 0.357. The Hall–Kier alpha value is -1.65. The molecule has 0 aliphatic heterocycles. The first-order valence-electron chi connectivity index (χ1n) is 6.22. The van der Waals surface area contributed by atoms with Crippen molar-refractivity contribution in [2.75, 3.05) is 13.2 Å². The minimum atomic E-state index is 0.225. The molecule has 2 rings (SSSR count). The van der Waals surface area contributed by atoms with E-state index in [2.05, 4.69) is 46.7 Å². The smallest absolute Gasteiger partial charge is 0.0695 e. The van der Waals surface area contributed by atoms with Gasteiger partial charge < -0.3 is 10.4 Å². The molecule has 0 spiro atoms. The van der Waals surface area contributed by atoms with Crippen molar-refractivity contribution in [2.24, 2.45) is 0 Å². The summed E-state index contributed by atoms with van der Waals surface area (Å²) < 4.78 is 0. The van der Waals surface area contributed by atoms with Crippen LogP contribution >= 0.6 is 0 Å². The summed E-state index contributed by atoms with van der Waals surface area (Å²) in [4.78, 5) is 0. The Bertz CT molecular complexity index is 476.